The fourth-order valence-corrected chi connectivity index (χ4v) is 6.67. The molecule has 206 valence electrons. The lowest BCUT2D eigenvalue weighted by molar-refractivity contribution is 1.10. The molecule has 0 aliphatic carbocycles. The lowest BCUT2D eigenvalue weighted by Gasteiger charge is -2.15. The van der Waals surface area contributed by atoms with E-state index in [-0.39, 0.29) is 0 Å². The Hall–Kier alpha value is -4.96. The molecule has 0 amide bonds. The molecule has 8 bridgehead atoms. The van der Waals surface area contributed by atoms with Crippen LogP contribution in [0.3, 0.4) is 0 Å². The van der Waals surface area contributed by atoms with Crippen LogP contribution < -0.4 is 0 Å². The number of benzene rings is 2. The number of hydrogen-bond donors (Lipinski definition) is 0. The minimum Gasteiger partial charge on any atom is -0.310 e. The Labute approximate surface area is 247 Å². The van der Waals surface area contributed by atoms with Gasteiger partial charge in [0.2, 0.25) is 0 Å². The van der Waals surface area contributed by atoms with Gasteiger partial charge in [-0.1, -0.05) is 35.4 Å². The largest absolute Gasteiger partial charge is 0.310 e. The Bertz CT molecular complexity index is 1860. The highest BCUT2D eigenvalue weighted by Crippen LogP contribution is 2.30. The van der Waals surface area contributed by atoms with Crippen molar-refractivity contribution in [3.05, 3.63) is 129 Å². The number of fused-ring (bicyclic) bond motifs is 8. The molecule has 5 heterocycles. The first-order chi connectivity index (χ1) is 20.2. The minimum absolute atomic E-state index is 0.933. The van der Waals surface area contributed by atoms with Gasteiger partial charge in [-0.3, -0.25) is 0 Å². The van der Waals surface area contributed by atoms with E-state index in [1.165, 1.54) is 44.8 Å². The zero-order valence-corrected chi connectivity index (χ0v) is 25.0. The van der Waals surface area contributed by atoms with Crippen LogP contribution >= 0.6 is 0 Å². The maximum Gasteiger partial charge on any atom is 0.0658 e. The highest BCUT2D eigenvalue weighted by atomic mass is 15.0. The molecular formula is C38H34N4. The van der Waals surface area contributed by atoms with Crippen molar-refractivity contribution >= 4 is 46.4 Å². The van der Waals surface area contributed by atoms with Crippen molar-refractivity contribution < 1.29 is 0 Å². The van der Waals surface area contributed by atoms with Crippen LogP contribution in [0.2, 0.25) is 0 Å². The Kier molecular flexibility index (Phi) is 6.09. The number of rotatable bonds is 2. The van der Waals surface area contributed by atoms with E-state index in [0.717, 1.165) is 44.8 Å². The summed E-state index contributed by atoms with van der Waals surface area (Å²) in [7, 11) is 0. The molecule has 0 fully saturated rings. The third-order valence-corrected chi connectivity index (χ3v) is 8.15. The first kappa shape index (κ1) is 26.0. The van der Waals surface area contributed by atoms with Gasteiger partial charge in [-0.05, 0) is 137 Å². The summed E-state index contributed by atoms with van der Waals surface area (Å²) in [5.74, 6) is 0. The monoisotopic (exact) mass is 546 g/mol. The summed E-state index contributed by atoms with van der Waals surface area (Å²) in [4.78, 5) is 10.1. The topological polar surface area (TPSA) is 35.6 Å². The zero-order valence-electron chi connectivity index (χ0n) is 25.0. The van der Waals surface area contributed by atoms with E-state index in [1.807, 2.05) is 0 Å². The third kappa shape index (κ3) is 4.50. The van der Waals surface area contributed by atoms with Crippen LogP contribution in [0, 0.1) is 41.5 Å². The highest BCUT2D eigenvalue weighted by molar-refractivity contribution is 5.81. The molecule has 0 N–H and O–H groups in total. The van der Waals surface area contributed by atoms with E-state index in [9.17, 15) is 0 Å². The first-order valence-electron chi connectivity index (χ1n) is 14.5. The number of aromatic nitrogens is 4. The van der Waals surface area contributed by atoms with Gasteiger partial charge >= 0.3 is 0 Å². The smallest absolute Gasteiger partial charge is 0.0658 e. The van der Waals surface area contributed by atoms with Crippen LogP contribution in [0.1, 0.15) is 56.2 Å². The summed E-state index contributed by atoms with van der Waals surface area (Å²) in [6, 6.07) is 26.4. The number of nitrogens with zero attached hydrogens (tertiary/aromatic N) is 4. The van der Waals surface area contributed by atoms with E-state index < -0.39 is 0 Å². The van der Waals surface area contributed by atoms with Gasteiger partial charge < -0.3 is 9.13 Å². The van der Waals surface area contributed by atoms with Gasteiger partial charge in [0.25, 0.3) is 0 Å². The Morgan fingerprint density at radius 2 is 0.643 bits per heavy atom. The fraction of sp³-hybridized carbons (Fsp3) is 0.158. The molecule has 7 rings (SSSR count). The Morgan fingerprint density at radius 1 is 0.381 bits per heavy atom. The lowest BCUT2D eigenvalue weighted by atomic mass is 10.0. The lowest BCUT2D eigenvalue weighted by Crippen LogP contribution is -2.01. The van der Waals surface area contributed by atoms with Gasteiger partial charge in [-0.25, -0.2) is 9.97 Å². The van der Waals surface area contributed by atoms with Crippen molar-refractivity contribution in [2.75, 3.05) is 0 Å². The Balaban J connectivity index is 1.58. The average Bonchev–Trinajstić information content (AvgIpc) is 3.70. The van der Waals surface area contributed by atoms with Crippen molar-refractivity contribution in [2.24, 2.45) is 0 Å². The average molecular weight is 547 g/mol. The van der Waals surface area contributed by atoms with Crippen LogP contribution in [0.25, 0.3) is 57.7 Å². The van der Waals surface area contributed by atoms with Gasteiger partial charge in [-0.2, -0.15) is 0 Å². The van der Waals surface area contributed by atoms with Crippen LogP contribution in [0.4, 0.5) is 0 Å². The molecule has 4 nitrogen and oxygen atoms in total. The second-order valence-corrected chi connectivity index (χ2v) is 11.7. The maximum atomic E-state index is 5.04. The molecule has 0 saturated carbocycles. The second kappa shape index (κ2) is 9.85. The van der Waals surface area contributed by atoms with Crippen molar-refractivity contribution in [2.45, 2.75) is 41.5 Å². The third-order valence-electron chi connectivity index (χ3n) is 8.15. The standard InChI is InChI=1S/C38H34N4/c1-23-15-25(3)37(26(4)16-23)41-33-11-12-34(41)20-30-8-10-32(40-30)22-36-14-13-35(21-31-9-7-29(19-33)39-31)42(36)38-27(5)17-24(2)18-28(38)6/h7-22H,1-6H3. The van der Waals surface area contributed by atoms with E-state index in [1.54, 1.807) is 0 Å². The van der Waals surface area contributed by atoms with Crippen molar-refractivity contribution in [3.63, 3.8) is 0 Å². The molecule has 5 aromatic rings. The molecule has 3 aromatic heterocycles. The SMILES string of the molecule is Cc1cc(C)c(-n2c3ccc2cc2nc(cc4ccc(cc5nc(c3)C=C5)n4-c3c(C)cc(C)cc3C)C=C2)c(C)c1. The van der Waals surface area contributed by atoms with E-state index >= 15 is 0 Å². The van der Waals surface area contributed by atoms with Gasteiger partial charge in [0.15, 0.2) is 0 Å². The summed E-state index contributed by atoms with van der Waals surface area (Å²) < 4.78 is 4.68. The molecule has 4 heteroatoms. The second-order valence-electron chi connectivity index (χ2n) is 11.7. The Morgan fingerprint density at radius 3 is 0.905 bits per heavy atom. The van der Waals surface area contributed by atoms with Crippen LogP contribution in [0.15, 0.2) is 72.8 Å². The molecule has 2 aliphatic heterocycles. The molecular weight excluding hydrogens is 512 g/mol. The van der Waals surface area contributed by atoms with E-state index in [0.29, 0.717) is 0 Å². The highest BCUT2D eigenvalue weighted by Gasteiger charge is 2.13. The molecule has 0 unspecified atom stereocenters. The van der Waals surface area contributed by atoms with Gasteiger partial charge in [0, 0.05) is 22.1 Å². The van der Waals surface area contributed by atoms with Crippen molar-refractivity contribution in [1.82, 2.24) is 19.1 Å². The minimum atomic E-state index is 0.933. The zero-order chi connectivity index (χ0) is 29.1. The normalized spacial score (nSPS) is 12.3. The fourth-order valence-electron chi connectivity index (χ4n) is 6.67. The number of aryl methyl sites for hydroxylation is 6. The molecule has 2 aliphatic rings. The summed E-state index contributed by atoms with van der Waals surface area (Å²) in [6.45, 7) is 13.1. The van der Waals surface area contributed by atoms with Crippen molar-refractivity contribution in [3.8, 4) is 11.4 Å². The predicted molar refractivity (Wildman–Crippen MR) is 177 cm³/mol. The maximum absolute atomic E-state index is 5.04. The molecule has 2 aromatic carbocycles. The molecule has 0 spiro atoms. The summed E-state index contributed by atoms with van der Waals surface area (Å²) >= 11 is 0. The van der Waals surface area contributed by atoms with Gasteiger partial charge in [0.05, 0.1) is 34.2 Å². The quantitative estimate of drug-likeness (QED) is 0.216. The van der Waals surface area contributed by atoms with Gasteiger partial charge in [-0.15, -0.1) is 0 Å². The van der Waals surface area contributed by atoms with Crippen LogP contribution in [-0.2, 0) is 0 Å². The molecule has 0 saturated heterocycles. The van der Waals surface area contributed by atoms with E-state index in [2.05, 4.69) is 148 Å². The summed E-state index contributed by atoms with van der Waals surface area (Å²) in [5, 5.41) is 0. The summed E-state index contributed by atoms with van der Waals surface area (Å²) in [5.41, 5.74) is 18.0. The van der Waals surface area contributed by atoms with E-state index in [4.69, 9.17) is 9.97 Å². The molecule has 0 atom stereocenters. The number of hydrogen-bond acceptors (Lipinski definition) is 2. The predicted octanol–water partition coefficient (Wildman–Crippen LogP) is 9.43. The van der Waals surface area contributed by atoms with Crippen molar-refractivity contribution in [1.29, 1.82) is 0 Å². The van der Waals surface area contributed by atoms with Gasteiger partial charge in [0.1, 0.15) is 0 Å². The first-order valence-corrected chi connectivity index (χ1v) is 14.5. The summed E-state index contributed by atoms with van der Waals surface area (Å²) in [6.07, 6.45) is 8.42. The van der Waals surface area contributed by atoms with Crippen LogP contribution in [-0.4, -0.2) is 19.1 Å². The van der Waals surface area contributed by atoms with Crippen LogP contribution in [0.5, 0.6) is 0 Å². The molecule has 0 radical (unpaired) electrons. The molecule has 42 heavy (non-hydrogen) atoms.